The number of benzene rings is 1. The third kappa shape index (κ3) is 3.96. The molecule has 0 spiro atoms. The van der Waals surface area contributed by atoms with Crippen LogP contribution in [0, 0.1) is 11.8 Å². The second kappa shape index (κ2) is 7.78. The molecule has 0 radical (unpaired) electrons. The van der Waals surface area contributed by atoms with Crippen LogP contribution in [0.3, 0.4) is 0 Å². The van der Waals surface area contributed by atoms with Crippen molar-refractivity contribution in [3.63, 3.8) is 0 Å². The summed E-state index contributed by atoms with van der Waals surface area (Å²) in [5.74, 6) is 1.15. The Balaban J connectivity index is 1.55. The lowest BCUT2D eigenvalue weighted by Crippen LogP contribution is -2.48. The predicted molar refractivity (Wildman–Crippen MR) is 108 cm³/mol. The maximum atomic E-state index is 13.3. The molecule has 1 aliphatic carbocycles. The average molecular weight is 380 g/mol. The largest absolute Gasteiger partial charge is 0.337 e. The number of aromatic nitrogens is 2. The summed E-state index contributed by atoms with van der Waals surface area (Å²) in [6.07, 6.45) is 6.41. The van der Waals surface area contributed by atoms with Gasteiger partial charge < -0.3 is 9.80 Å². The highest BCUT2D eigenvalue weighted by Crippen LogP contribution is 2.32. The van der Waals surface area contributed by atoms with Crippen LogP contribution in [0.4, 0.5) is 0 Å². The van der Waals surface area contributed by atoms with Gasteiger partial charge >= 0.3 is 0 Å². The minimum Gasteiger partial charge on any atom is -0.337 e. The van der Waals surface area contributed by atoms with E-state index in [9.17, 15) is 9.59 Å². The van der Waals surface area contributed by atoms with Crippen molar-refractivity contribution in [3.8, 4) is 11.1 Å². The van der Waals surface area contributed by atoms with Crippen LogP contribution in [0.25, 0.3) is 11.1 Å². The lowest BCUT2D eigenvalue weighted by molar-refractivity contribution is -0.133. The monoisotopic (exact) mass is 380 g/mol. The Kier molecular flexibility index (Phi) is 5.20. The van der Waals surface area contributed by atoms with Crippen molar-refractivity contribution in [2.24, 2.45) is 11.8 Å². The summed E-state index contributed by atoms with van der Waals surface area (Å²) < 4.78 is 0. The van der Waals surface area contributed by atoms with Crippen LogP contribution < -0.4 is 0 Å². The fourth-order valence-corrected chi connectivity index (χ4v) is 3.97. The second-order valence-corrected chi connectivity index (χ2v) is 8.37. The quantitative estimate of drug-likeness (QED) is 0.866. The summed E-state index contributed by atoms with van der Waals surface area (Å²) in [7, 11) is 0. The van der Waals surface area contributed by atoms with Gasteiger partial charge in [-0.3, -0.25) is 14.7 Å². The molecule has 1 N–H and O–H groups in total. The van der Waals surface area contributed by atoms with Gasteiger partial charge in [-0.2, -0.15) is 5.10 Å². The van der Waals surface area contributed by atoms with Crippen molar-refractivity contribution < 1.29 is 9.59 Å². The molecule has 1 atom stereocenters. The third-order valence-electron chi connectivity index (χ3n) is 5.87. The summed E-state index contributed by atoms with van der Waals surface area (Å²) in [6.45, 7) is 6.22. The smallest absolute Gasteiger partial charge is 0.253 e. The molecule has 2 fully saturated rings. The van der Waals surface area contributed by atoms with E-state index in [2.05, 4.69) is 28.9 Å². The zero-order valence-electron chi connectivity index (χ0n) is 16.6. The van der Waals surface area contributed by atoms with Gasteiger partial charge in [0.15, 0.2) is 0 Å². The summed E-state index contributed by atoms with van der Waals surface area (Å²) in [4.78, 5) is 30.0. The van der Waals surface area contributed by atoms with E-state index in [0.29, 0.717) is 36.9 Å². The van der Waals surface area contributed by atoms with Crippen molar-refractivity contribution in [1.82, 2.24) is 20.0 Å². The average Bonchev–Trinajstić information content (AvgIpc) is 3.38. The first kappa shape index (κ1) is 18.7. The maximum absolute atomic E-state index is 13.3. The van der Waals surface area contributed by atoms with Crippen LogP contribution in [0.15, 0.2) is 36.7 Å². The van der Waals surface area contributed by atoms with E-state index >= 15 is 0 Å². The zero-order valence-corrected chi connectivity index (χ0v) is 16.6. The lowest BCUT2D eigenvalue weighted by atomic mass is 10.0. The molecule has 0 unspecified atom stereocenters. The van der Waals surface area contributed by atoms with Gasteiger partial charge in [-0.25, -0.2) is 0 Å². The van der Waals surface area contributed by atoms with E-state index in [1.807, 2.05) is 35.4 Å². The Morgan fingerprint density at radius 3 is 2.79 bits per heavy atom. The van der Waals surface area contributed by atoms with Gasteiger partial charge in [0.1, 0.15) is 0 Å². The number of carbonyl (C=O) groups is 2. The van der Waals surface area contributed by atoms with E-state index in [0.717, 1.165) is 17.7 Å². The van der Waals surface area contributed by atoms with Crippen molar-refractivity contribution in [2.45, 2.75) is 39.2 Å². The molecule has 6 nitrogen and oxygen atoms in total. The fourth-order valence-electron chi connectivity index (χ4n) is 3.97. The summed E-state index contributed by atoms with van der Waals surface area (Å²) in [6, 6.07) is 7.72. The minimum absolute atomic E-state index is 0.00272. The Hall–Kier alpha value is -2.63. The normalized spacial score (nSPS) is 20.5. The molecule has 0 bridgehead atoms. The molecule has 2 aromatic rings. The molecule has 2 amide bonds. The van der Waals surface area contributed by atoms with E-state index < -0.39 is 0 Å². The Bertz CT molecular complexity index is 842. The number of amides is 2. The topological polar surface area (TPSA) is 69.3 Å². The van der Waals surface area contributed by atoms with Gasteiger partial charge in [0, 0.05) is 43.4 Å². The molecule has 1 aliphatic heterocycles. The van der Waals surface area contributed by atoms with E-state index in [1.165, 1.54) is 12.8 Å². The van der Waals surface area contributed by atoms with Crippen LogP contribution in [0.2, 0.25) is 0 Å². The molecule has 2 heterocycles. The predicted octanol–water partition coefficient (Wildman–Crippen LogP) is 3.19. The van der Waals surface area contributed by atoms with Gasteiger partial charge in [-0.05, 0) is 42.4 Å². The molecule has 6 heteroatoms. The van der Waals surface area contributed by atoms with Crippen LogP contribution in [-0.2, 0) is 4.79 Å². The van der Waals surface area contributed by atoms with Gasteiger partial charge in [0.05, 0.1) is 12.2 Å². The number of hydrogen-bond acceptors (Lipinski definition) is 3. The van der Waals surface area contributed by atoms with Crippen LogP contribution in [-0.4, -0.2) is 57.5 Å². The molecule has 4 rings (SSSR count). The highest BCUT2D eigenvalue weighted by atomic mass is 16.2. The number of rotatable bonds is 5. The van der Waals surface area contributed by atoms with Gasteiger partial charge in [-0.15, -0.1) is 0 Å². The molecule has 1 aromatic heterocycles. The first-order valence-corrected chi connectivity index (χ1v) is 10.2. The molecular weight excluding hydrogens is 352 g/mol. The van der Waals surface area contributed by atoms with Crippen LogP contribution in [0.5, 0.6) is 0 Å². The Labute approximate surface area is 165 Å². The molecule has 28 heavy (non-hydrogen) atoms. The van der Waals surface area contributed by atoms with E-state index in [-0.39, 0.29) is 17.9 Å². The maximum Gasteiger partial charge on any atom is 0.253 e. The van der Waals surface area contributed by atoms with Crippen molar-refractivity contribution in [2.75, 3.05) is 19.6 Å². The van der Waals surface area contributed by atoms with Gasteiger partial charge in [0.25, 0.3) is 5.91 Å². The number of hydrogen-bond donors (Lipinski definition) is 1. The van der Waals surface area contributed by atoms with E-state index in [4.69, 9.17) is 0 Å². The molecular formula is C22H28N4O2. The molecule has 148 valence electrons. The number of aromatic amines is 1. The second-order valence-electron chi connectivity index (χ2n) is 8.37. The SMILES string of the molecule is CC(C)[C@@H]1CN(C(=O)c2cccc(-c3cn[nH]c3)c2)CCC(=O)N1CC1CC1. The highest BCUT2D eigenvalue weighted by Gasteiger charge is 2.36. The first-order chi connectivity index (χ1) is 13.5. The summed E-state index contributed by atoms with van der Waals surface area (Å²) >= 11 is 0. The number of carbonyl (C=O) groups excluding carboxylic acids is 2. The van der Waals surface area contributed by atoms with E-state index in [1.54, 1.807) is 6.20 Å². The Morgan fingerprint density at radius 1 is 1.29 bits per heavy atom. The molecule has 2 aliphatic rings. The summed E-state index contributed by atoms with van der Waals surface area (Å²) in [5.41, 5.74) is 2.57. The van der Waals surface area contributed by atoms with Gasteiger partial charge in [0.2, 0.25) is 5.91 Å². The fraction of sp³-hybridized carbons (Fsp3) is 0.500. The van der Waals surface area contributed by atoms with Crippen LogP contribution >= 0.6 is 0 Å². The van der Waals surface area contributed by atoms with Crippen molar-refractivity contribution in [3.05, 3.63) is 42.2 Å². The zero-order chi connectivity index (χ0) is 19.7. The number of nitrogens with one attached hydrogen (secondary N) is 1. The minimum atomic E-state index is -0.00272. The molecule has 1 aromatic carbocycles. The van der Waals surface area contributed by atoms with Crippen LogP contribution in [0.1, 0.15) is 43.5 Å². The molecule has 1 saturated heterocycles. The highest BCUT2D eigenvalue weighted by molar-refractivity contribution is 5.96. The first-order valence-electron chi connectivity index (χ1n) is 10.2. The van der Waals surface area contributed by atoms with Crippen molar-refractivity contribution in [1.29, 1.82) is 0 Å². The van der Waals surface area contributed by atoms with Gasteiger partial charge in [-0.1, -0.05) is 26.0 Å². The number of nitrogens with zero attached hydrogens (tertiary/aromatic N) is 3. The summed E-state index contributed by atoms with van der Waals surface area (Å²) in [5, 5.41) is 6.80. The number of H-pyrrole nitrogens is 1. The molecule has 1 saturated carbocycles. The standard InChI is InChI=1S/C22H28N4O2/c1-15(2)20-14-25(9-8-21(27)26(20)13-16-6-7-16)22(28)18-5-3-4-17(10-18)19-11-23-24-12-19/h3-5,10-12,15-16,20H,6-9,13-14H2,1-2H3,(H,23,24)/t20-/m0/s1. The van der Waals surface area contributed by atoms with Crippen molar-refractivity contribution >= 4 is 11.8 Å². The lowest BCUT2D eigenvalue weighted by Gasteiger charge is -2.34. The Morgan fingerprint density at radius 2 is 2.11 bits per heavy atom. The third-order valence-corrected chi connectivity index (χ3v) is 5.87.